The summed E-state index contributed by atoms with van der Waals surface area (Å²) in [4.78, 5) is 12.8. The first-order chi connectivity index (χ1) is 13.3. The van der Waals surface area contributed by atoms with Gasteiger partial charge in [-0.05, 0) is 25.0 Å². The molecule has 1 fully saturated rings. The maximum absolute atomic E-state index is 12.8. The van der Waals surface area contributed by atoms with E-state index in [0.29, 0.717) is 35.8 Å². The first-order valence-electron chi connectivity index (χ1n) is 9.11. The molecule has 1 aromatic heterocycles. The first-order valence-corrected chi connectivity index (χ1v) is 9.49. The highest BCUT2D eigenvalue weighted by Crippen LogP contribution is 2.44. The molecule has 0 radical (unpaired) electrons. The van der Waals surface area contributed by atoms with Crippen LogP contribution in [0.25, 0.3) is 22.3 Å². The molecule has 0 spiro atoms. The molecule has 1 saturated heterocycles. The van der Waals surface area contributed by atoms with Gasteiger partial charge in [-0.2, -0.15) is 0 Å². The van der Waals surface area contributed by atoms with Crippen molar-refractivity contribution in [3.05, 3.63) is 51.6 Å². The second-order valence-electron chi connectivity index (χ2n) is 7.52. The lowest BCUT2D eigenvalue weighted by atomic mass is 10.0. The van der Waals surface area contributed by atoms with Crippen molar-refractivity contribution in [1.29, 1.82) is 0 Å². The number of quaternary nitrogens is 1. The van der Waals surface area contributed by atoms with Crippen molar-refractivity contribution in [2.45, 2.75) is 18.9 Å². The number of nitrogens with zero attached hydrogens (tertiary/aromatic N) is 1. The highest BCUT2D eigenvalue weighted by Gasteiger charge is 2.38. The number of fused-ring (bicyclic) bond motifs is 1. The van der Waals surface area contributed by atoms with Gasteiger partial charge < -0.3 is 19.7 Å². The second-order valence-corrected chi connectivity index (χ2v) is 7.93. The van der Waals surface area contributed by atoms with Crippen molar-refractivity contribution in [2.24, 2.45) is 0 Å². The van der Waals surface area contributed by atoms with E-state index in [9.17, 15) is 20.1 Å². The van der Waals surface area contributed by atoms with E-state index >= 15 is 0 Å². The third-order valence-corrected chi connectivity index (χ3v) is 5.75. The van der Waals surface area contributed by atoms with Crippen molar-refractivity contribution in [3.63, 3.8) is 0 Å². The number of aliphatic hydroxyl groups is 1. The van der Waals surface area contributed by atoms with Crippen LogP contribution in [-0.2, 0) is 0 Å². The van der Waals surface area contributed by atoms with Crippen LogP contribution in [0.2, 0.25) is 5.02 Å². The summed E-state index contributed by atoms with van der Waals surface area (Å²) in [7, 11) is 1.87. The summed E-state index contributed by atoms with van der Waals surface area (Å²) in [6, 6.07) is 9.42. The third-order valence-electron chi connectivity index (χ3n) is 5.42. The summed E-state index contributed by atoms with van der Waals surface area (Å²) < 4.78 is 6.25. The van der Waals surface area contributed by atoms with Crippen molar-refractivity contribution in [2.75, 3.05) is 20.1 Å². The minimum Gasteiger partial charge on any atom is -0.507 e. The van der Waals surface area contributed by atoms with Gasteiger partial charge in [-0.3, -0.25) is 9.28 Å². The fourth-order valence-electron chi connectivity index (χ4n) is 4.13. The van der Waals surface area contributed by atoms with E-state index in [2.05, 4.69) is 0 Å². The molecule has 2 atom stereocenters. The Bertz CT molecular complexity index is 1130. The monoisotopic (exact) mass is 402 g/mol. The Hall–Kier alpha value is -2.54. The number of aliphatic hydroxyl groups excluding tert-OH is 1. The number of piperidine rings is 1. The molecule has 1 aliphatic heterocycles. The molecular weight excluding hydrogens is 382 g/mol. The summed E-state index contributed by atoms with van der Waals surface area (Å²) in [6.07, 6.45) is 0.911. The van der Waals surface area contributed by atoms with Gasteiger partial charge in [-0.1, -0.05) is 23.7 Å². The van der Waals surface area contributed by atoms with E-state index in [0.717, 1.165) is 12.5 Å². The number of halogens is 1. The van der Waals surface area contributed by atoms with Gasteiger partial charge in [-0.25, -0.2) is 0 Å². The van der Waals surface area contributed by atoms with Crippen LogP contribution in [0.5, 0.6) is 11.5 Å². The van der Waals surface area contributed by atoms with E-state index in [4.69, 9.17) is 16.0 Å². The number of rotatable bonds is 2. The lowest BCUT2D eigenvalue weighted by Gasteiger charge is -2.39. The van der Waals surface area contributed by atoms with Crippen molar-refractivity contribution < 1.29 is 19.7 Å². The summed E-state index contributed by atoms with van der Waals surface area (Å²) in [5, 5.41) is 31.6. The van der Waals surface area contributed by atoms with Crippen LogP contribution in [0, 0.1) is 0 Å². The Labute approximate surface area is 166 Å². The van der Waals surface area contributed by atoms with Crippen LogP contribution < -0.4 is 9.91 Å². The molecule has 3 N–H and O–H groups in total. The smallest absolute Gasteiger partial charge is 0.219 e. The molecule has 0 amide bonds. The Balaban J connectivity index is 2.05. The number of likely N-dealkylation sites (tertiary alicyclic amines) is 1. The van der Waals surface area contributed by atoms with E-state index < -0.39 is 11.5 Å². The zero-order valence-corrected chi connectivity index (χ0v) is 16.1. The zero-order valence-electron chi connectivity index (χ0n) is 15.4. The van der Waals surface area contributed by atoms with Gasteiger partial charge in [-0.15, -0.1) is 0 Å². The topological polar surface area (TPSA) is 90.9 Å². The van der Waals surface area contributed by atoms with Crippen LogP contribution in [0.1, 0.15) is 12.8 Å². The van der Waals surface area contributed by atoms with Gasteiger partial charge in [0.1, 0.15) is 29.5 Å². The molecule has 6 nitrogen and oxygen atoms in total. The lowest BCUT2D eigenvalue weighted by molar-refractivity contribution is 0.0858. The molecule has 2 heterocycles. The van der Waals surface area contributed by atoms with Gasteiger partial charge in [0.25, 0.3) is 0 Å². The fourth-order valence-corrected chi connectivity index (χ4v) is 4.36. The third kappa shape index (κ3) is 3.03. The normalized spacial score (nSPS) is 22.5. The minimum atomic E-state index is -0.527. The SMILES string of the molecule is C[N@@+]1(c2c(O)cc(O)c3c(=O)cc(-c4ccccc4Cl)oc23)CCC[C@H](O)C1. The number of benzene rings is 2. The Morgan fingerprint density at radius 1 is 1.18 bits per heavy atom. The molecule has 0 bridgehead atoms. The number of hydrogen-bond donors (Lipinski definition) is 3. The predicted molar refractivity (Wildman–Crippen MR) is 109 cm³/mol. The number of likely N-dealkylation sites (N-methyl/N-ethyl adjacent to an activating group) is 1. The molecular formula is C21H21ClNO5+. The molecule has 0 unspecified atom stereocenters. The van der Waals surface area contributed by atoms with Gasteiger partial charge in [0.15, 0.2) is 11.2 Å². The highest BCUT2D eigenvalue weighted by atomic mass is 35.5. The standard InChI is InChI=1S/C21H20ClNO5/c1-23(8-4-5-12(24)11-23)20-17(27)9-15(25)19-16(26)10-18(28-21(19)20)13-6-2-3-7-14(13)22/h2-3,6-7,9-10,12,24H,4-5,8,11H2,1H3,(H-,25,26,27)/p+1/t12-,23+/m0/s1. The minimum absolute atomic E-state index is 0.00279. The van der Waals surface area contributed by atoms with E-state index in [1.165, 1.54) is 6.07 Å². The zero-order chi connectivity index (χ0) is 20.1. The number of phenols is 2. The molecule has 2 aromatic carbocycles. The van der Waals surface area contributed by atoms with Gasteiger partial charge in [0, 0.05) is 17.7 Å². The van der Waals surface area contributed by atoms with Crippen LogP contribution in [0.15, 0.2) is 45.6 Å². The quantitative estimate of drug-likeness (QED) is 0.569. The molecule has 28 heavy (non-hydrogen) atoms. The number of hydrogen-bond acceptors (Lipinski definition) is 5. The van der Waals surface area contributed by atoms with Gasteiger partial charge in [0.05, 0.1) is 18.6 Å². The summed E-state index contributed by atoms with van der Waals surface area (Å²) in [5.74, 6) is -0.278. The van der Waals surface area contributed by atoms with Crippen LogP contribution in [0.3, 0.4) is 0 Å². The van der Waals surface area contributed by atoms with Crippen molar-refractivity contribution in [1.82, 2.24) is 4.48 Å². The fraction of sp³-hybridized carbons (Fsp3) is 0.286. The predicted octanol–water partition coefficient (Wildman–Crippen LogP) is 3.62. The average molecular weight is 403 g/mol. The van der Waals surface area contributed by atoms with Crippen molar-refractivity contribution >= 4 is 28.3 Å². The lowest BCUT2D eigenvalue weighted by Crippen LogP contribution is -2.54. The average Bonchev–Trinajstić information content (AvgIpc) is 2.60. The Kier molecular flexibility index (Phi) is 4.57. The van der Waals surface area contributed by atoms with E-state index in [1.54, 1.807) is 24.3 Å². The van der Waals surface area contributed by atoms with Crippen LogP contribution >= 0.6 is 11.6 Å². The number of phenolic OH excluding ortho intramolecular Hbond substituents is 2. The molecule has 7 heteroatoms. The van der Waals surface area contributed by atoms with Gasteiger partial charge in [0.2, 0.25) is 11.3 Å². The highest BCUT2D eigenvalue weighted by molar-refractivity contribution is 6.33. The largest absolute Gasteiger partial charge is 0.507 e. The molecule has 0 saturated carbocycles. The molecule has 4 rings (SSSR count). The molecule has 0 aliphatic carbocycles. The summed E-state index contributed by atoms with van der Waals surface area (Å²) in [6.45, 7) is 1.03. The van der Waals surface area contributed by atoms with E-state index in [-0.39, 0.29) is 32.7 Å². The molecule has 1 aliphatic rings. The molecule has 146 valence electrons. The maximum atomic E-state index is 12.8. The molecule has 3 aromatic rings. The summed E-state index contributed by atoms with van der Waals surface area (Å²) >= 11 is 6.26. The van der Waals surface area contributed by atoms with Crippen LogP contribution in [-0.4, -0.2) is 41.6 Å². The maximum Gasteiger partial charge on any atom is 0.219 e. The Morgan fingerprint density at radius 3 is 2.64 bits per heavy atom. The van der Waals surface area contributed by atoms with Crippen LogP contribution in [0.4, 0.5) is 5.69 Å². The van der Waals surface area contributed by atoms with E-state index in [1.807, 2.05) is 7.05 Å². The summed E-state index contributed by atoms with van der Waals surface area (Å²) in [5.41, 5.74) is 0.589. The first kappa shape index (κ1) is 18.8. The second kappa shape index (κ2) is 6.81. The van der Waals surface area contributed by atoms with Crippen molar-refractivity contribution in [3.8, 4) is 22.8 Å². The number of aromatic hydroxyl groups is 2. The Morgan fingerprint density at radius 2 is 1.93 bits per heavy atom. The van der Waals surface area contributed by atoms with Gasteiger partial charge >= 0.3 is 0 Å².